The average Bonchev–Trinajstić information content (AvgIpc) is 2.69. The zero-order chi connectivity index (χ0) is 19.2. The number of carbonyl (C=O) groups excluding carboxylic acids is 1. The highest BCUT2D eigenvalue weighted by molar-refractivity contribution is 6.03. The maximum absolute atomic E-state index is 12.5. The van der Waals surface area contributed by atoms with E-state index >= 15 is 0 Å². The summed E-state index contributed by atoms with van der Waals surface area (Å²) in [6.45, 7) is 4.17. The molecule has 0 fully saturated rings. The van der Waals surface area contributed by atoms with Crippen LogP contribution in [0.2, 0.25) is 0 Å². The molecule has 138 valence electrons. The van der Waals surface area contributed by atoms with Crippen molar-refractivity contribution in [1.82, 2.24) is 10.2 Å². The Morgan fingerprint density at radius 1 is 0.926 bits per heavy atom. The van der Waals surface area contributed by atoms with Gasteiger partial charge in [-0.3, -0.25) is 4.79 Å². The van der Waals surface area contributed by atoms with Crippen LogP contribution in [-0.2, 0) is 0 Å². The highest BCUT2D eigenvalue weighted by Gasteiger charge is 2.13. The molecule has 6 nitrogen and oxygen atoms in total. The first-order valence-electron chi connectivity index (χ1n) is 8.72. The molecule has 0 radical (unpaired) electrons. The second-order valence-electron chi connectivity index (χ2n) is 6.33. The van der Waals surface area contributed by atoms with E-state index in [1.165, 1.54) is 0 Å². The summed E-state index contributed by atoms with van der Waals surface area (Å²) < 4.78 is 5.30. The van der Waals surface area contributed by atoms with E-state index in [-0.39, 0.29) is 11.6 Å². The predicted molar refractivity (Wildman–Crippen MR) is 107 cm³/mol. The number of para-hydroxylation sites is 3. The van der Waals surface area contributed by atoms with Gasteiger partial charge in [-0.05, 0) is 41.8 Å². The number of rotatable bonds is 6. The maximum Gasteiger partial charge on any atom is 0.276 e. The quantitative estimate of drug-likeness (QED) is 0.670. The molecule has 0 spiro atoms. The van der Waals surface area contributed by atoms with Gasteiger partial charge in [-0.1, -0.05) is 44.2 Å². The smallest absolute Gasteiger partial charge is 0.276 e. The zero-order valence-electron chi connectivity index (χ0n) is 15.6. The predicted octanol–water partition coefficient (Wildman–Crippen LogP) is 4.60. The van der Waals surface area contributed by atoms with Crippen LogP contribution in [-0.4, -0.2) is 23.2 Å². The molecular weight excluding hydrogens is 340 g/mol. The second-order valence-corrected chi connectivity index (χ2v) is 6.33. The number of carbonyl (C=O) groups is 1. The van der Waals surface area contributed by atoms with E-state index in [0.29, 0.717) is 17.5 Å². The first-order chi connectivity index (χ1) is 13.1. The van der Waals surface area contributed by atoms with Gasteiger partial charge >= 0.3 is 0 Å². The van der Waals surface area contributed by atoms with Gasteiger partial charge in [-0.25, -0.2) is 0 Å². The molecule has 3 aromatic rings. The summed E-state index contributed by atoms with van der Waals surface area (Å²) in [6, 6.07) is 18.6. The Hall–Kier alpha value is -3.41. The third-order valence-electron chi connectivity index (χ3n) is 4.10. The summed E-state index contributed by atoms with van der Waals surface area (Å²) in [5, 5.41) is 14.2. The van der Waals surface area contributed by atoms with Crippen molar-refractivity contribution >= 4 is 23.1 Å². The summed E-state index contributed by atoms with van der Waals surface area (Å²) >= 11 is 0. The number of hydrogen-bond donors (Lipinski definition) is 2. The molecule has 0 saturated carbocycles. The van der Waals surface area contributed by atoms with Crippen LogP contribution in [0, 0.1) is 0 Å². The zero-order valence-corrected chi connectivity index (χ0v) is 15.6. The Kier molecular flexibility index (Phi) is 5.66. The number of nitrogens with one attached hydrogen (secondary N) is 2. The number of aromatic nitrogens is 2. The summed E-state index contributed by atoms with van der Waals surface area (Å²) in [5.41, 5.74) is 2.89. The standard InChI is InChI=1S/C21H22N4O2/c1-14(2)15-8-4-5-9-16(15)23-21(26)18-12-13-20(25-24-18)22-17-10-6-7-11-19(17)27-3/h4-14H,1-3H3,(H,22,25)(H,23,26). The molecule has 2 N–H and O–H groups in total. The van der Waals surface area contributed by atoms with Crippen LogP contribution in [0.5, 0.6) is 5.75 Å². The van der Waals surface area contributed by atoms with E-state index in [2.05, 4.69) is 34.7 Å². The third-order valence-corrected chi connectivity index (χ3v) is 4.10. The number of nitrogens with zero attached hydrogens (tertiary/aromatic N) is 2. The minimum atomic E-state index is -0.292. The first kappa shape index (κ1) is 18.4. The van der Waals surface area contributed by atoms with Crippen molar-refractivity contribution in [2.75, 3.05) is 17.7 Å². The van der Waals surface area contributed by atoms with Crippen LogP contribution in [0.25, 0.3) is 0 Å². The van der Waals surface area contributed by atoms with Crippen LogP contribution in [0.1, 0.15) is 35.8 Å². The van der Waals surface area contributed by atoms with Crippen LogP contribution < -0.4 is 15.4 Å². The molecule has 3 rings (SSSR count). The fourth-order valence-electron chi connectivity index (χ4n) is 2.71. The lowest BCUT2D eigenvalue weighted by atomic mass is 10.0. The molecular formula is C21H22N4O2. The van der Waals surface area contributed by atoms with E-state index in [0.717, 1.165) is 16.9 Å². The normalized spacial score (nSPS) is 10.5. The van der Waals surface area contributed by atoms with Gasteiger partial charge in [-0.2, -0.15) is 0 Å². The summed E-state index contributed by atoms with van der Waals surface area (Å²) in [5.74, 6) is 1.24. The van der Waals surface area contributed by atoms with Crippen molar-refractivity contribution in [2.45, 2.75) is 19.8 Å². The molecule has 2 aromatic carbocycles. The Balaban J connectivity index is 1.73. The van der Waals surface area contributed by atoms with Gasteiger partial charge in [-0.15, -0.1) is 10.2 Å². The summed E-state index contributed by atoms with van der Waals surface area (Å²) in [4.78, 5) is 12.5. The molecule has 0 aliphatic rings. The molecule has 0 unspecified atom stereocenters. The number of methoxy groups -OCH3 is 1. The molecule has 0 saturated heterocycles. The van der Waals surface area contributed by atoms with E-state index in [9.17, 15) is 4.79 Å². The van der Waals surface area contributed by atoms with Gasteiger partial charge in [0.25, 0.3) is 5.91 Å². The number of ether oxygens (including phenoxy) is 1. The van der Waals surface area contributed by atoms with Crippen LogP contribution in [0.3, 0.4) is 0 Å². The second kappa shape index (κ2) is 8.31. The fourth-order valence-corrected chi connectivity index (χ4v) is 2.71. The van der Waals surface area contributed by atoms with Gasteiger partial charge in [0.2, 0.25) is 0 Å². The first-order valence-corrected chi connectivity index (χ1v) is 8.72. The number of amides is 1. The molecule has 0 atom stereocenters. The van der Waals surface area contributed by atoms with Crippen molar-refractivity contribution in [2.24, 2.45) is 0 Å². The fraction of sp³-hybridized carbons (Fsp3) is 0.190. The summed E-state index contributed by atoms with van der Waals surface area (Å²) in [7, 11) is 1.61. The molecule has 0 aliphatic heterocycles. The van der Waals surface area contributed by atoms with E-state index in [4.69, 9.17) is 4.74 Å². The van der Waals surface area contributed by atoms with Gasteiger partial charge in [0.05, 0.1) is 12.8 Å². The largest absolute Gasteiger partial charge is 0.495 e. The Bertz CT molecular complexity index is 923. The Morgan fingerprint density at radius 2 is 1.63 bits per heavy atom. The Labute approximate surface area is 158 Å². The lowest BCUT2D eigenvalue weighted by molar-refractivity contribution is 0.102. The van der Waals surface area contributed by atoms with Crippen LogP contribution in [0.15, 0.2) is 60.7 Å². The molecule has 6 heteroatoms. The van der Waals surface area contributed by atoms with E-state index in [1.807, 2.05) is 48.5 Å². The summed E-state index contributed by atoms with van der Waals surface area (Å²) in [6.07, 6.45) is 0. The van der Waals surface area contributed by atoms with Crippen LogP contribution in [0.4, 0.5) is 17.2 Å². The lowest BCUT2D eigenvalue weighted by Crippen LogP contribution is -2.16. The minimum Gasteiger partial charge on any atom is -0.495 e. The topological polar surface area (TPSA) is 76.1 Å². The van der Waals surface area contributed by atoms with Crippen molar-refractivity contribution in [3.05, 3.63) is 71.9 Å². The number of anilines is 3. The molecule has 0 aliphatic carbocycles. The molecule has 1 aromatic heterocycles. The van der Waals surface area contributed by atoms with Crippen LogP contribution >= 0.6 is 0 Å². The highest BCUT2D eigenvalue weighted by Crippen LogP contribution is 2.26. The van der Waals surface area contributed by atoms with Crippen molar-refractivity contribution < 1.29 is 9.53 Å². The maximum atomic E-state index is 12.5. The van der Waals surface area contributed by atoms with Gasteiger partial charge in [0.1, 0.15) is 5.75 Å². The van der Waals surface area contributed by atoms with E-state index in [1.54, 1.807) is 19.2 Å². The van der Waals surface area contributed by atoms with Crippen molar-refractivity contribution in [3.8, 4) is 5.75 Å². The molecule has 0 bridgehead atoms. The Morgan fingerprint density at radius 3 is 2.30 bits per heavy atom. The number of benzene rings is 2. The third kappa shape index (κ3) is 4.41. The lowest BCUT2D eigenvalue weighted by Gasteiger charge is -2.13. The van der Waals surface area contributed by atoms with Gasteiger partial charge in [0, 0.05) is 5.69 Å². The van der Waals surface area contributed by atoms with Gasteiger partial charge in [0.15, 0.2) is 11.5 Å². The molecule has 27 heavy (non-hydrogen) atoms. The number of hydrogen-bond acceptors (Lipinski definition) is 5. The van der Waals surface area contributed by atoms with Crippen molar-refractivity contribution in [1.29, 1.82) is 0 Å². The minimum absolute atomic E-state index is 0.249. The highest BCUT2D eigenvalue weighted by atomic mass is 16.5. The molecule has 1 amide bonds. The SMILES string of the molecule is COc1ccccc1Nc1ccc(C(=O)Nc2ccccc2C(C)C)nn1. The molecule has 1 heterocycles. The monoisotopic (exact) mass is 362 g/mol. The van der Waals surface area contributed by atoms with Crippen molar-refractivity contribution in [3.63, 3.8) is 0 Å². The average molecular weight is 362 g/mol. The van der Waals surface area contributed by atoms with E-state index < -0.39 is 0 Å². The van der Waals surface area contributed by atoms with Gasteiger partial charge < -0.3 is 15.4 Å².